The lowest BCUT2D eigenvalue weighted by atomic mass is 9.90. The van der Waals surface area contributed by atoms with E-state index in [-0.39, 0.29) is 0 Å². The molecule has 0 fully saturated rings. The number of hydrogen-bond acceptors (Lipinski definition) is 2. The Morgan fingerprint density at radius 3 is 3.00 bits per heavy atom. The van der Waals surface area contributed by atoms with Crippen molar-refractivity contribution in [2.45, 2.75) is 39.3 Å². The summed E-state index contributed by atoms with van der Waals surface area (Å²) in [6.45, 7) is 7.49. The zero-order valence-electron chi connectivity index (χ0n) is 13.7. The van der Waals surface area contributed by atoms with Crippen molar-refractivity contribution in [2.24, 2.45) is 0 Å². The van der Waals surface area contributed by atoms with Crippen molar-refractivity contribution in [3.05, 3.63) is 64.1 Å². The van der Waals surface area contributed by atoms with Crippen molar-refractivity contribution in [2.75, 3.05) is 6.54 Å². The number of aryl methyl sites for hydroxylation is 2. The highest BCUT2D eigenvalue weighted by molar-refractivity contribution is 5.91. The SMILES string of the molecule is Cc1cc2c3c(c1)c1c(n3CC2c2ccnc(C)c2)CCNC1. The van der Waals surface area contributed by atoms with Gasteiger partial charge in [0.2, 0.25) is 0 Å². The fourth-order valence-corrected chi connectivity index (χ4v) is 4.51. The van der Waals surface area contributed by atoms with Crippen LogP contribution in [0.1, 0.15) is 39.6 Å². The predicted molar refractivity (Wildman–Crippen MR) is 92.9 cm³/mol. The molecule has 4 heterocycles. The van der Waals surface area contributed by atoms with Crippen molar-refractivity contribution < 1.29 is 0 Å². The zero-order chi connectivity index (χ0) is 15.6. The molecular formula is C20H21N3. The van der Waals surface area contributed by atoms with Crippen LogP contribution in [0.15, 0.2) is 30.5 Å². The molecule has 3 heteroatoms. The fraction of sp³-hybridized carbons (Fsp3) is 0.350. The molecule has 0 radical (unpaired) electrons. The average Bonchev–Trinajstić information content (AvgIpc) is 3.07. The molecule has 0 aliphatic carbocycles. The normalized spacial score (nSPS) is 19.3. The molecule has 3 nitrogen and oxygen atoms in total. The summed E-state index contributed by atoms with van der Waals surface area (Å²) >= 11 is 0. The van der Waals surface area contributed by atoms with E-state index < -0.39 is 0 Å². The average molecular weight is 303 g/mol. The first-order chi connectivity index (χ1) is 11.2. The molecule has 2 aromatic heterocycles. The summed E-state index contributed by atoms with van der Waals surface area (Å²) < 4.78 is 2.60. The van der Waals surface area contributed by atoms with E-state index in [9.17, 15) is 0 Å². The van der Waals surface area contributed by atoms with Gasteiger partial charge in [0.25, 0.3) is 0 Å². The molecule has 2 aliphatic heterocycles. The second kappa shape index (κ2) is 4.68. The van der Waals surface area contributed by atoms with Gasteiger partial charge in [-0.15, -0.1) is 0 Å². The maximum absolute atomic E-state index is 4.37. The van der Waals surface area contributed by atoms with Crippen LogP contribution in [0.25, 0.3) is 10.9 Å². The molecule has 2 aliphatic rings. The maximum atomic E-state index is 4.37. The molecule has 0 amide bonds. The van der Waals surface area contributed by atoms with Crippen molar-refractivity contribution in [3.8, 4) is 0 Å². The molecular weight excluding hydrogens is 282 g/mol. The Labute approximate surface area is 136 Å². The molecule has 116 valence electrons. The molecule has 0 spiro atoms. The van der Waals surface area contributed by atoms with E-state index in [4.69, 9.17) is 0 Å². The molecule has 1 N–H and O–H groups in total. The minimum Gasteiger partial charge on any atom is -0.343 e. The number of rotatable bonds is 1. The van der Waals surface area contributed by atoms with Crippen LogP contribution in [0.2, 0.25) is 0 Å². The molecule has 5 rings (SSSR count). The third-order valence-electron chi connectivity index (χ3n) is 5.46. The van der Waals surface area contributed by atoms with Gasteiger partial charge < -0.3 is 9.88 Å². The molecule has 0 bridgehead atoms. The Bertz CT molecular complexity index is 936. The van der Waals surface area contributed by atoms with Gasteiger partial charge in [0.05, 0.1) is 5.52 Å². The first kappa shape index (κ1) is 13.3. The van der Waals surface area contributed by atoms with Crippen LogP contribution in [-0.4, -0.2) is 16.1 Å². The summed E-state index contributed by atoms with van der Waals surface area (Å²) in [5.41, 5.74) is 9.93. The molecule has 1 aromatic carbocycles. The zero-order valence-corrected chi connectivity index (χ0v) is 13.7. The van der Waals surface area contributed by atoms with Gasteiger partial charge >= 0.3 is 0 Å². The number of nitrogens with one attached hydrogen (secondary N) is 1. The van der Waals surface area contributed by atoms with Crippen LogP contribution in [0, 0.1) is 13.8 Å². The standard InChI is InChI=1S/C20H21N3/c1-12-7-15-17-10-21-5-4-19(17)23-11-18(16(8-12)20(15)23)14-3-6-22-13(2)9-14/h3,6-9,18,21H,4-5,10-11H2,1-2H3. The van der Waals surface area contributed by atoms with E-state index >= 15 is 0 Å². The van der Waals surface area contributed by atoms with Crippen LogP contribution in [0.5, 0.6) is 0 Å². The summed E-state index contributed by atoms with van der Waals surface area (Å²) in [6.07, 6.45) is 3.09. The lowest BCUT2D eigenvalue weighted by Gasteiger charge is -2.19. The third-order valence-corrected chi connectivity index (χ3v) is 5.46. The fourth-order valence-electron chi connectivity index (χ4n) is 4.51. The second-order valence-corrected chi connectivity index (χ2v) is 7.00. The van der Waals surface area contributed by atoms with Crippen molar-refractivity contribution in [1.82, 2.24) is 14.9 Å². The predicted octanol–water partition coefficient (Wildman–Crippen LogP) is 3.44. The van der Waals surface area contributed by atoms with Crippen LogP contribution >= 0.6 is 0 Å². The van der Waals surface area contributed by atoms with Crippen molar-refractivity contribution >= 4 is 10.9 Å². The molecule has 1 unspecified atom stereocenters. The first-order valence-electron chi connectivity index (χ1n) is 8.50. The number of hydrogen-bond donors (Lipinski definition) is 1. The van der Waals surface area contributed by atoms with E-state index in [2.05, 4.69) is 53.0 Å². The highest BCUT2D eigenvalue weighted by Crippen LogP contribution is 2.43. The Morgan fingerprint density at radius 2 is 2.13 bits per heavy atom. The Kier molecular flexibility index (Phi) is 2.71. The number of benzene rings is 1. The quantitative estimate of drug-likeness (QED) is 0.746. The van der Waals surface area contributed by atoms with Crippen LogP contribution in [0.3, 0.4) is 0 Å². The Morgan fingerprint density at radius 1 is 1.22 bits per heavy atom. The van der Waals surface area contributed by atoms with Gasteiger partial charge in [-0.25, -0.2) is 0 Å². The number of aromatic nitrogens is 2. The number of pyridine rings is 1. The van der Waals surface area contributed by atoms with Gasteiger partial charge in [-0.2, -0.15) is 0 Å². The highest BCUT2D eigenvalue weighted by Gasteiger charge is 2.31. The first-order valence-corrected chi connectivity index (χ1v) is 8.50. The maximum Gasteiger partial charge on any atom is 0.0525 e. The summed E-state index contributed by atoms with van der Waals surface area (Å²) in [5.74, 6) is 0.467. The van der Waals surface area contributed by atoms with E-state index in [1.54, 1.807) is 5.69 Å². The van der Waals surface area contributed by atoms with Gasteiger partial charge in [0, 0.05) is 54.9 Å². The highest BCUT2D eigenvalue weighted by atomic mass is 15.0. The molecule has 0 saturated carbocycles. The third kappa shape index (κ3) is 1.83. The van der Waals surface area contributed by atoms with Crippen molar-refractivity contribution in [1.29, 1.82) is 0 Å². The van der Waals surface area contributed by atoms with E-state index in [0.717, 1.165) is 31.7 Å². The van der Waals surface area contributed by atoms with Gasteiger partial charge in [0.1, 0.15) is 0 Å². The molecule has 3 aromatic rings. The van der Waals surface area contributed by atoms with Gasteiger partial charge in [-0.1, -0.05) is 11.6 Å². The Balaban J connectivity index is 1.77. The van der Waals surface area contributed by atoms with Crippen LogP contribution < -0.4 is 5.32 Å². The Hall–Kier alpha value is -2.13. The monoisotopic (exact) mass is 303 g/mol. The van der Waals surface area contributed by atoms with Crippen LogP contribution in [0.4, 0.5) is 0 Å². The smallest absolute Gasteiger partial charge is 0.0525 e. The molecule has 23 heavy (non-hydrogen) atoms. The van der Waals surface area contributed by atoms with E-state index in [0.29, 0.717) is 5.92 Å². The van der Waals surface area contributed by atoms with E-state index in [1.807, 2.05) is 6.20 Å². The minimum absolute atomic E-state index is 0.467. The summed E-state index contributed by atoms with van der Waals surface area (Å²) in [7, 11) is 0. The van der Waals surface area contributed by atoms with Gasteiger partial charge in [0.15, 0.2) is 0 Å². The topological polar surface area (TPSA) is 29.9 Å². The largest absolute Gasteiger partial charge is 0.343 e. The lowest BCUT2D eigenvalue weighted by molar-refractivity contribution is 0.588. The molecule has 1 atom stereocenters. The molecule has 0 saturated heterocycles. The summed E-state index contributed by atoms with van der Waals surface area (Å²) in [6, 6.07) is 9.21. The second-order valence-electron chi connectivity index (χ2n) is 7.00. The minimum atomic E-state index is 0.467. The summed E-state index contributed by atoms with van der Waals surface area (Å²) in [5, 5.41) is 5.01. The van der Waals surface area contributed by atoms with E-state index in [1.165, 1.54) is 33.2 Å². The van der Waals surface area contributed by atoms with Crippen LogP contribution in [-0.2, 0) is 19.5 Å². The number of nitrogens with zero attached hydrogens (tertiary/aromatic N) is 2. The van der Waals surface area contributed by atoms with Gasteiger partial charge in [-0.05, 0) is 48.7 Å². The summed E-state index contributed by atoms with van der Waals surface area (Å²) in [4.78, 5) is 4.37. The lowest BCUT2D eigenvalue weighted by Crippen LogP contribution is -2.25. The van der Waals surface area contributed by atoms with Crippen molar-refractivity contribution in [3.63, 3.8) is 0 Å². The number of fused-ring (bicyclic) bond motifs is 3. The van der Waals surface area contributed by atoms with Gasteiger partial charge in [-0.3, -0.25) is 4.98 Å².